The maximum Gasteiger partial charge on any atom is 0.248 e. The minimum Gasteiger partial charge on any atom is -0.357 e. The summed E-state index contributed by atoms with van der Waals surface area (Å²) in [5, 5.41) is 10.4. The van der Waals surface area contributed by atoms with Gasteiger partial charge in [0.2, 0.25) is 5.89 Å². The molecular weight excluding hydrogens is 393 g/mol. The fourth-order valence-corrected chi connectivity index (χ4v) is 2.08. The van der Waals surface area contributed by atoms with Crippen molar-refractivity contribution in [1.82, 2.24) is 20.8 Å². The molecule has 1 unspecified atom stereocenters. The van der Waals surface area contributed by atoms with Crippen molar-refractivity contribution in [2.45, 2.75) is 59.9 Å². The first kappa shape index (κ1) is 21.1. The van der Waals surface area contributed by atoms with E-state index in [2.05, 4.69) is 46.5 Å². The summed E-state index contributed by atoms with van der Waals surface area (Å²) < 4.78 is 5.07. The molecule has 1 heterocycles. The van der Waals surface area contributed by atoms with Gasteiger partial charge in [0, 0.05) is 13.1 Å². The van der Waals surface area contributed by atoms with E-state index in [1.54, 1.807) is 6.92 Å². The van der Waals surface area contributed by atoms with Crippen LogP contribution < -0.4 is 10.6 Å². The SMILES string of the molecule is CCCCC(CC)CNC(=NCc1nc(C)no1)NCC.I. The van der Waals surface area contributed by atoms with E-state index in [1.165, 1.54) is 25.7 Å². The molecule has 0 aliphatic rings. The number of hydrogen-bond acceptors (Lipinski definition) is 4. The van der Waals surface area contributed by atoms with Gasteiger partial charge < -0.3 is 15.2 Å². The van der Waals surface area contributed by atoms with Crippen LogP contribution in [0.25, 0.3) is 0 Å². The number of nitrogens with zero attached hydrogens (tertiary/aromatic N) is 3. The quantitative estimate of drug-likeness (QED) is 0.362. The Kier molecular flexibility index (Phi) is 12.2. The van der Waals surface area contributed by atoms with Gasteiger partial charge in [-0.25, -0.2) is 4.99 Å². The predicted octanol–water partition coefficient (Wildman–Crippen LogP) is 3.27. The van der Waals surface area contributed by atoms with Gasteiger partial charge in [-0.3, -0.25) is 0 Å². The molecule has 0 aliphatic carbocycles. The molecule has 0 saturated heterocycles. The molecule has 0 radical (unpaired) electrons. The molecule has 0 bridgehead atoms. The molecule has 1 rings (SSSR count). The third-order valence-corrected chi connectivity index (χ3v) is 3.39. The zero-order valence-electron chi connectivity index (χ0n) is 14.2. The van der Waals surface area contributed by atoms with E-state index in [4.69, 9.17) is 4.52 Å². The van der Waals surface area contributed by atoms with Crippen molar-refractivity contribution in [3.05, 3.63) is 11.7 Å². The molecule has 22 heavy (non-hydrogen) atoms. The van der Waals surface area contributed by atoms with Gasteiger partial charge in [0.1, 0.15) is 6.54 Å². The monoisotopic (exact) mass is 423 g/mol. The van der Waals surface area contributed by atoms with Crippen LogP contribution in [0.3, 0.4) is 0 Å². The molecular formula is C15H30IN5O. The van der Waals surface area contributed by atoms with Gasteiger partial charge in [-0.05, 0) is 26.2 Å². The minimum atomic E-state index is 0. The van der Waals surface area contributed by atoms with Gasteiger partial charge in [-0.1, -0.05) is 38.3 Å². The van der Waals surface area contributed by atoms with Crippen molar-refractivity contribution in [2.24, 2.45) is 10.9 Å². The van der Waals surface area contributed by atoms with Crippen LogP contribution in [-0.2, 0) is 6.54 Å². The summed E-state index contributed by atoms with van der Waals surface area (Å²) in [6.45, 7) is 10.5. The minimum absolute atomic E-state index is 0. The summed E-state index contributed by atoms with van der Waals surface area (Å²) in [5.41, 5.74) is 0. The Morgan fingerprint density at radius 3 is 2.59 bits per heavy atom. The Hall–Kier alpha value is -0.860. The van der Waals surface area contributed by atoms with Crippen molar-refractivity contribution in [3.63, 3.8) is 0 Å². The third-order valence-electron chi connectivity index (χ3n) is 3.39. The second-order valence-corrected chi connectivity index (χ2v) is 5.23. The van der Waals surface area contributed by atoms with E-state index in [-0.39, 0.29) is 24.0 Å². The van der Waals surface area contributed by atoms with Crippen LogP contribution >= 0.6 is 24.0 Å². The number of hydrogen-bond donors (Lipinski definition) is 2. The van der Waals surface area contributed by atoms with Crippen molar-refractivity contribution < 1.29 is 4.52 Å². The van der Waals surface area contributed by atoms with Gasteiger partial charge >= 0.3 is 0 Å². The summed E-state index contributed by atoms with van der Waals surface area (Å²) in [6, 6.07) is 0. The van der Waals surface area contributed by atoms with Crippen LogP contribution in [0.15, 0.2) is 9.52 Å². The van der Waals surface area contributed by atoms with Crippen LogP contribution in [0.2, 0.25) is 0 Å². The molecule has 0 fully saturated rings. The van der Waals surface area contributed by atoms with Gasteiger partial charge in [0.05, 0.1) is 0 Å². The van der Waals surface area contributed by atoms with Gasteiger partial charge in [0.15, 0.2) is 11.8 Å². The number of guanidine groups is 1. The van der Waals surface area contributed by atoms with E-state index in [0.29, 0.717) is 24.2 Å². The van der Waals surface area contributed by atoms with Crippen LogP contribution in [0.5, 0.6) is 0 Å². The highest BCUT2D eigenvalue weighted by atomic mass is 127. The van der Waals surface area contributed by atoms with Gasteiger partial charge in [-0.15, -0.1) is 24.0 Å². The lowest BCUT2D eigenvalue weighted by Gasteiger charge is -2.17. The maximum atomic E-state index is 5.07. The van der Waals surface area contributed by atoms with E-state index in [0.717, 1.165) is 19.0 Å². The Morgan fingerprint density at radius 2 is 2.05 bits per heavy atom. The second kappa shape index (κ2) is 12.7. The largest absolute Gasteiger partial charge is 0.357 e. The summed E-state index contributed by atoms with van der Waals surface area (Å²) in [6.07, 6.45) is 4.99. The Balaban J connectivity index is 0.00000441. The van der Waals surface area contributed by atoms with Crippen molar-refractivity contribution in [3.8, 4) is 0 Å². The molecule has 1 aromatic rings. The average Bonchev–Trinajstić information content (AvgIpc) is 2.90. The smallest absolute Gasteiger partial charge is 0.248 e. The first-order valence-corrected chi connectivity index (χ1v) is 8.00. The second-order valence-electron chi connectivity index (χ2n) is 5.23. The topological polar surface area (TPSA) is 75.3 Å². The first-order chi connectivity index (χ1) is 10.2. The Morgan fingerprint density at radius 1 is 1.27 bits per heavy atom. The highest BCUT2D eigenvalue weighted by Gasteiger charge is 2.07. The van der Waals surface area contributed by atoms with E-state index < -0.39 is 0 Å². The number of nitrogens with one attached hydrogen (secondary N) is 2. The number of halogens is 1. The summed E-state index contributed by atoms with van der Waals surface area (Å²) in [7, 11) is 0. The molecule has 128 valence electrons. The molecule has 0 saturated carbocycles. The molecule has 1 aromatic heterocycles. The molecule has 1 atom stereocenters. The van der Waals surface area contributed by atoms with Gasteiger partial charge in [-0.2, -0.15) is 4.98 Å². The zero-order chi connectivity index (χ0) is 15.5. The standard InChI is InChI=1S/C15H29N5O.HI/c1-5-8-9-13(6-2)10-17-15(16-7-3)18-11-14-19-12(4)20-21-14;/h13H,5-11H2,1-4H3,(H2,16,17,18);1H. The molecule has 0 amide bonds. The lowest BCUT2D eigenvalue weighted by atomic mass is 9.99. The van der Waals surface area contributed by atoms with E-state index in [1.807, 2.05) is 0 Å². The normalized spacial score (nSPS) is 12.6. The van der Waals surface area contributed by atoms with Crippen molar-refractivity contribution in [2.75, 3.05) is 13.1 Å². The highest BCUT2D eigenvalue weighted by molar-refractivity contribution is 14.0. The Bertz CT molecular complexity index is 422. The predicted molar refractivity (Wildman–Crippen MR) is 101 cm³/mol. The van der Waals surface area contributed by atoms with Gasteiger partial charge in [0.25, 0.3) is 0 Å². The van der Waals surface area contributed by atoms with E-state index in [9.17, 15) is 0 Å². The van der Waals surface area contributed by atoms with E-state index >= 15 is 0 Å². The number of aromatic nitrogens is 2. The number of rotatable bonds is 9. The Labute approximate surface area is 150 Å². The molecule has 0 aromatic carbocycles. The number of aliphatic imine (C=N–C) groups is 1. The molecule has 0 spiro atoms. The molecule has 0 aliphatic heterocycles. The third kappa shape index (κ3) is 8.55. The van der Waals surface area contributed by atoms with Crippen LogP contribution in [-0.4, -0.2) is 29.2 Å². The fraction of sp³-hybridized carbons (Fsp3) is 0.800. The number of aryl methyl sites for hydroxylation is 1. The molecule has 6 nitrogen and oxygen atoms in total. The van der Waals surface area contributed by atoms with Crippen molar-refractivity contribution in [1.29, 1.82) is 0 Å². The lowest BCUT2D eigenvalue weighted by molar-refractivity contribution is 0.376. The summed E-state index contributed by atoms with van der Waals surface area (Å²) in [4.78, 5) is 8.64. The molecule has 7 heteroatoms. The first-order valence-electron chi connectivity index (χ1n) is 8.00. The van der Waals surface area contributed by atoms with Crippen molar-refractivity contribution >= 4 is 29.9 Å². The van der Waals surface area contributed by atoms with Crippen LogP contribution in [0.4, 0.5) is 0 Å². The number of unbranched alkanes of at least 4 members (excludes halogenated alkanes) is 1. The lowest BCUT2D eigenvalue weighted by Crippen LogP contribution is -2.39. The fourth-order valence-electron chi connectivity index (χ4n) is 2.08. The highest BCUT2D eigenvalue weighted by Crippen LogP contribution is 2.11. The van der Waals surface area contributed by atoms with Crippen LogP contribution in [0.1, 0.15) is 58.2 Å². The zero-order valence-corrected chi connectivity index (χ0v) is 16.5. The summed E-state index contributed by atoms with van der Waals surface area (Å²) >= 11 is 0. The summed E-state index contributed by atoms with van der Waals surface area (Å²) in [5.74, 6) is 2.69. The average molecular weight is 423 g/mol. The van der Waals surface area contributed by atoms with Crippen LogP contribution in [0, 0.1) is 12.8 Å². The maximum absolute atomic E-state index is 5.07. The molecule has 2 N–H and O–H groups in total.